The first-order chi connectivity index (χ1) is 7.70. The van der Waals surface area contributed by atoms with E-state index in [2.05, 4.69) is 10.2 Å². The molecule has 0 spiro atoms. The van der Waals surface area contributed by atoms with Gasteiger partial charge in [0.1, 0.15) is 0 Å². The van der Waals surface area contributed by atoms with Gasteiger partial charge in [0.15, 0.2) is 10.2 Å². The molecule has 0 saturated carbocycles. The lowest BCUT2D eigenvalue weighted by Gasteiger charge is -2.29. The fourth-order valence-electron chi connectivity index (χ4n) is 1.26. The Bertz CT molecular complexity index is 284. The van der Waals surface area contributed by atoms with Gasteiger partial charge < -0.3 is 14.2 Å². The summed E-state index contributed by atoms with van der Waals surface area (Å²) in [4.78, 5) is 0. The SMILES string of the molecule is CCOC([Si])(OCC)OCc1ccccc1. The lowest BCUT2D eigenvalue weighted by atomic mass is 10.2. The van der Waals surface area contributed by atoms with Crippen molar-refractivity contribution in [3.8, 4) is 0 Å². The predicted octanol–water partition coefficient (Wildman–Crippen LogP) is 2.06. The zero-order valence-electron chi connectivity index (χ0n) is 9.73. The monoisotopic (exact) mass is 237 g/mol. The number of hydrogen-bond acceptors (Lipinski definition) is 3. The summed E-state index contributed by atoms with van der Waals surface area (Å²) in [6, 6.07) is 9.88. The lowest BCUT2D eigenvalue weighted by molar-refractivity contribution is -0.327. The zero-order chi connectivity index (χ0) is 11.9. The lowest BCUT2D eigenvalue weighted by Crippen LogP contribution is -2.39. The smallest absolute Gasteiger partial charge is 0.248 e. The van der Waals surface area contributed by atoms with Gasteiger partial charge in [0, 0.05) is 13.2 Å². The van der Waals surface area contributed by atoms with Crippen molar-refractivity contribution >= 4 is 10.2 Å². The van der Waals surface area contributed by atoms with Crippen molar-refractivity contribution in [2.24, 2.45) is 0 Å². The highest BCUT2D eigenvalue weighted by Crippen LogP contribution is 2.14. The Morgan fingerprint density at radius 2 is 1.56 bits per heavy atom. The summed E-state index contributed by atoms with van der Waals surface area (Å²) in [5.74, 6) is 0. The molecule has 0 bridgehead atoms. The summed E-state index contributed by atoms with van der Waals surface area (Å²) < 4.78 is 16.3. The molecule has 0 N–H and O–H groups in total. The van der Waals surface area contributed by atoms with Gasteiger partial charge in [-0.2, -0.15) is 0 Å². The fourth-order valence-corrected chi connectivity index (χ4v) is 1.62. The highest BCUT2D eigenvalue weighted by atomic mass is 28.1. The third kappa shape index (κ3) is 4.45. The summed E-state index contributed by atoms with van der Waals surface area (Å²) >= 11 is 0. The van der Waals surface area contributed by atoms with Crippen LogP contribution in [0.2, 0.25) is 0 Å². The van der Waals surface area contributed by atoms with Gasteiger partial charge in [-0.05, 0) is 19.4 Å². The van der Waals surface area contributed by atoms with Crippen LogP contribution in [0.5, 0.6) is 0 Å². The van der Waals surface area contributed by atoms with Crippen LogP contribution in [0.25, 0.3) is 0 Å². The molecule has 0 aromatic heterocycles. The largest absolute Gasteiger partial charge is 0.332 e. The van der Waals surface area contributed by atoms with Crippen molar-refractivity contribution in [3.05, 3.63) is 35.9 Å². The molecule has 16 heavy (non-hydrogen) atoms. The molecule has 0 aliphatic carbocycles. The molecule has 0 unspecified atom stereocenters. The van der Waals surface area contributed by atoms with E-state index in [1.54, 1.807) is 0 Å². The highest BCUT2D eigenvalue weighted by molar-refractivity contribution is 6.12. The Labute approximate surface area is 100 Å². The van der Waals surface area contributed by atoms with E-state index in [0.717, 1.165) is 5.56 Å². The molecule has 1 aromatic carbocycles. The maximum Gasteiger partial charge on any atom is 0.248 e. The van der Waals surface area contributed by atoms with Crippen LogP contribution in [-0.4, -0.2) is 29.1 Å². The number of rotatable bonds is 7. The van der Waals surface area contributed by atoms with Crippen molar-refractivity contribution in [1.82, 2.24) is 0 Å². The molecule has 0 saturated heterocycles. The Balaban J connectivity index is 2.49. The summed E-state index contributed by atoms with van der Waals surface area (Å²) in [6.45, 7) is 5.24. The van der Waals surface area contributed by atoms with Crippen LogP contribution in [0.15, 0.2) is 30.3 Å². The first-order valence-corrected chi connectivity index (χ1v) is 5.91. The normalized spacial score (nSPS) is 11.7. The highest BCUT2D eigenvalue weighted by Gasteiger charge is 2.25. The molecule has 0 atom stereocenters. The van der Waals surface area contributed by atoms with Gasteiger partial charge in [-0.1, -0.05) is 30.3 Å². The summed E-state index contributed by atoms with van der Waals surface area (Å²) in [5.41, 5.74) is -0.0659. The summed E-state index contributed by atoms with van der Waals surface area (Å²) in [6.07, 6.45) is 0. The molecular formula is C12H17O3Si. The van der Waals surface area contributed by atoms with Crippen LogP contribution in [-0.2, 0) is 20.8 Å². The van der Waals surface area contributed by atoms with Crippen LogP contribution in [0, 0.1) is 0 Å². The van der Waals surface area contributed by atoms with Gasteiger partial charge in [0.05, 0.1) is 6.61 Å². The van der Waals surface area contributed by atoms with E-state index in [4.69, 9.17) is 14.2 Å². The summed E-state index contributed by atoms with van der Waals surface area (Å²) in [7, 11) is 3.35. The minimum Gasteiger partial charge on any atom is -0.332 e. The van der Waals surface area contributed by atoms with E-state index in [1.807, 2.05) is 44.2 Å². The van der Waals surface area contributed by atoms with Crippen LogP contribution < -0.4 is 0 Å². The molecule has 3 radical (unpaired) electrons. The molecule has 0 fully saturated rings. The van der Waals surface area contributed by atoms with Crippen molar-refractivity contribution < 1.29 is 14.2 Å². The minimum absolute atomic E-state index is 0.435. The maximum atomic E-state index is 5.57. The summed E-state index contributed by atoms with van der Waals surface area (Å²) in [5, 5.41) is 0. The van der Waals surface area contributed by atoms with E-state index >= 15 is 0 Å². The quantitative estimate of drug-likeness (QED) is 0.536. The average molecular weight is 237 g/mol. The molecular weight excluding hydrogens is 220 g/mol. The molecule has 1 rings (SSSR count). The second-order valence-electron chi connectivity index (χ2n) is 3.20. The van der Waals surface area contributed by atoms with E-state index in [0.29, 0.717) is 19.8 Å². The minimum atomic E-state index is -1.14. The molecule has 0 aliphatic rings. The third-order valence-electron chi connectivity index (χ3n) is 1.94. The molecule has 0 heterocycles. The van der Waals surface area contributed by atoms with Crippen molar-refractivity contribution in [3.63, 3.8) is 0 Å². The van der Waals surface area contributed by atoms with Gasteiger partial charge in [0.2, 0.25) is 5.60 Å². The van der Waals surface area contributed by atoms with Crippen molar-refractivity contribution in [2.45, 2.75) is 26.1 Å². The maximum absolute atomic E-state index is 5.57. The molecule has 0 amide bonds. The standard InChI is InChI=1S/C12H17O3Si/c1-3-13-12(16,14-4-2)15-10-11-8-6-5-7-9-11/h5-9H,3-4,10H2,1-2H3. The Morgan fingerprint density at radius 1 is 1.00 bits per heavy atom. The molecule has 1 aromatic rings. The topological polar surface area (TPSA) is 27.7 Å². The third-order valence-corrected chi connectivity index (χ3v) is 2.37. The average Bonchev–Trinajstić information content (AvgIpc) is 2.29. The zero-order valence-corrected chi connectivity index (χ0v) is 10.7. The number of hydrogen-bond donors (Lipinski definition) is 0. The van der Waals surface area contributed by atoms with Crippen LogP contribution in [0.4, 0.5) is 0 Å². The van der Waals surface area contributed by atoms with Gasteiger partial charge in [0.25, 0.3) is 0 Å². The van der Waals surface area contributed by atoms with Gasteiger partial charge in [-0.3, -0.25) is 0 Å². The molecule has 3 nitrogen and oxygen atoms in total. The van der Waals surface area contributed by atoms with Gasteiger partial charge in [-0.25, -0.2) is 0 Å². The second-order valence-corrected chi connectivity index (χ2v) is 3.81. The number of ether oxygens (including phenoxy) is 3. The van der Waals surface area contributed by atoms with Crippen molar-refractivity contribution in [1.29, 1.82) is 0 Å². The van der Waals surface area contributed by atoms with E-state index in [1.165, 1.54) is 0 Å². The van der Waals surface area contributed by atoms with E-state index in [9.17, 15) is 0 Å². The van der Waals surface area contributed by atoms with Gasteiger partial charge in [-0.15, -0.1) is 0 Å². The van der Waals surface area contributed by atoms with Crippen molar-refractivity contribution in [2.75, 3.05) is 13.2 Å². The predicted molar refractivity (Wildman–Crippen MR) is 63.0 cm³/mol. The Hall–Kier alpha value is -0.683. The number of benzene rings is 1. The Kier molecular flexibility index (Phi) is 5.69. The first kappa shape index (κ1) is 13.4. The first-order valence-electron chi connectivity index (χ1n) is 5.41. The molecule has 0 aliphatic heterocycles. The van der Waals surface area contributed by atoms with Crippen LogP contribution in [0.1, 0.15) is 19.4 Å². The van der Waals surface area contributed by atoms with Crippen LogP contribution in [0.3, 0.4) is 0 Å². The van der Waals surface area contributed by atoms with Gasteiger partial charge >= 0.3 is 0 Å². The molecule has 4 heteroatoms. The second kappa shape index (κ2) is 6.80. The Morgan fingerprint density at radius 3 is 2.06 bits per heavy atom. The fraction of sp³-hybridized carbons (Fsp3) is 0.500. The molecule has 87 valence electrons. The van der Waals surface area contributed by atoms with E-state index < -0.39 is 5.60 Å². The van der Waals surface area contributed by atoms with E-state index in [-0.39, 0.29) is 0 Å². The van der Waals surface area contributed by atoms with Crippen LogP contribution >= 0.6 is 0 Å².